The minimum Gasteiger partial charge on any atom is -0.334 e. The molecule has 140 valence electrons. The number of carbonyl (C=O) groups excluding carboxylic acids is 1. The summed E-state index contributed by atoms with van der Waals surface area (Å²) >= 11 is 1.68. The van der Waals surface area contributed by atoms with E-state index in [0.717, 1.165) is 47.1 Å². The minimum atomic E-state index is -0.378. The molecule has 1 fully saturated rings. The molecule has 5 nitrogen and oxygen atoms in total. The Morgan fingerprint density at radius 3 is 2.77 bits per heavy atom. The topological polar surface area (TPSA) is 59.0 Å². The van der Waals surface area contributed by atoms with Crippen molar-refractivity contribution in [2.75, 3.05) is 6.54 Å². The molecular formula is C20H28N4OS. The number of hydrogen-bond acceptors (Lipinski definition) is 5. The van der Waals surface area contributed by atoms with Crippen molar-refractivity contribution in [2.24, 2.45) is 11.3 Å². The molecule has 0 aliphatic carbocycles. The lowest BCUT2D eigenvalue weighted by molar-refractivity contribution is -0.140. The van der Waals surface area contributed by atoms with Crippen LogP contribution in [0.2, 0.25) is 0 Å². The molecule has 26 heavy (non-hydrogen) atoms. The fourth-order valence-corrected chi connectivity index (χ4v) is 4.36. The van der Waals surface area contributed by atoms with Gasteiger partial charge in [-0.25, -0.2) is 9.97 Å². The van der Waals surface area contributed by atoms with Gasteiger partial charge >= 0.3 is 0 Å². The van der Waals surface area contributed by atoms with E-state index in [1.165, 1.54) is 0 Å². The SMILES string of the molecule is CC(C)Cc1ncc(-c2cncc(C3CCCN3C(=O)C(C)(C)C)n2)s1. The Kier molecular flexibility index (Phi) is 5.42. The number of aromatic nitrogens is 3. The van der Waals surface area contributed by atoms with Crippen LogP contribution in [0.4, 0.5) is 0 Å². The van der Waals surface area contributed by atoms with Gasteiger partial charge in [-0.3, -0.25) is 9.78 Å². The molecule has 0 bridgehead atoms. The van der Waals surface area contributed by atoms with Crippen molar-refractivity contribution >= 4 is 17.2 Å². The lowest BCUT2D eigenvalue weighted by Crippen LogP contribution is -2.39. The molecule has 1 aliphatic heterocycles. The molecule has 0 N–H and O–H groups in total. The molecule has 1 amide bonds. The second-order valence-corrected chi connectivity index (χ2v) is 9.57. The molecule has 0 spiro atoms. The fraction of sp³-hybridized carbons (Fsp3) is 0.600. The second-order valence-electron chi connectivity index (χ2n) is 8.45. The molecule has 1 atom stereocenters. The summed E-state index contributed by atoms with van der Waals surface area (Å²) in [5, 5.41) is 1.13. The summed E-state index contributed by atoms with van der Waals surface area (Å²) in [5.74, 6) is 0.770. The summed E-state index contributed by atoms with van der Waals surface area (Å²) in [4.78, 5) is 29.6. The van der Waals surface area contributed by atoms with Gasteiger partial charge in [-0.05, 0) is 18.8 Å². The maximum Gasteiger partial charge on any atom is 0.228 e. The highest BCUT2D eigenvalue weighted by molar-refractivity contribution is 7.15. The Morgan fingerprint density at radius 1 is 1.31 bits per heavy atom. The highest BCUT2D eigenvalue weighted by Crippen LogP contribution is 2.35. The molecular weight excluding hydrogens is 344 g/mol. The summed E-state index contributed by atoms with van der Waals surface area (Å²) < 4.78 is 0. The first-order valence-corrected chi connectivity index (χ1v) is 10.2. The third-order valence-corrected chi connectivity index (χ3v) is 5.58. The van der Waals surface area contributed by atoms with Crippen LogP contribution in [0.5, 0.6) is 0 Å². The first kappa shape index (κ1) is 19.0. The highest BCUT2D eigenvalue weighted by atomic mass is 32.1. The summed E-state index contributed by atoms with van der Waals surface area (Å²) in [6.07, 6.45) is 8.43. The highest BCUT2D eigenvalue weighted by Gasteiger charge is 2.36. The van der Waals surface area contributed by atoms with E-state index >= 15 is 0 Å². The number of carbonyl (C=O) groups is 1. The van der Waals surface area contributed by atoms with Crippen LogP contribution in [0.15, 0.2) is 18.6 Å². The van der Waals surface area contributed by atoms with Crippen molar-refractivity contribution < 1.29 is 4.79 Å². The third-order valence-electron chi connectivity index (χ3n) is 4.54. The van der Waals surface area contributed by atoms with Gasteiger partial charge in [0.1, 0.15) is 5.69 Å². The molecule has 1 unspecified atom stereocenters. The maximum atomic E-state index is 12.8. The van der Waals surface area contributed by atoms with Crippen molar-refractivity contribution in [3.05, 3.63) is 29.3 Å². The van der Waals surface area contributed by atoms with Crippen LogP contribution in [0.1, 0.15) is 64.2 Å². The van der Waals surface area contributed by atoms with Crippen LogP contribution in [-0.2, 0) is 11.2 Å². The molecule has 0 aromatic carbocycles. The molecule has 2 aromatic rings. The predicted molar refractivity (Wildman–Crippen MR) is 105 cm³/mol. The Bertz CT molecular complexity index is 778. The standard InChI is InChI=1S/C20H28N4OS/c1-13(2)9-18-22-12-17(26-18)15-11-21-10-14(23-15)16-7-6-8-24(16)19(25)20(3,4)5/h10-13,16H,6-9H2,1-5H3. The first-order valence-electron chi connectivity index (χ1n) is 9.34. The quantitative estimate of drug-likeness (QED) is 0.792. The summed E-state index contributed by atoms with van der Waals surface area (Å²) in [6, 6.07) is 0.0252. The van der Waals surface area contributed by atoms with Crippen LogP contribution in [0, 0.1) is 11.3 Å². The van der Waals surface area contributed by atoms with Crippen LogP contribution in [0.25, 0.3) is 10.6 Å². The molecule has 3 heterocycles. The van der Waals surface area contributed by atoms with Crippen molar-refractivity contribution in [3.63, 3.8) is 0 Å². The van der Waals surface area contributed by atoms with Gasteiger partial charge in [0.15, 0.2) is 0 Å². The number of rotatable bonds is 4. The lowest BCUT2D eigenvalue weighted by Gasteiger charge is -2.30. The summed E-state index contributed by atoms with van der Waals surface area (Å²) in [7, 11) is 0. The average Bonchev–Trinajstić information content (AvgIpc) is 3.22. The van der Waals surface area contributed by atoms with E-state index < -0.39 is 0 Å². The van der Waals surface area contributed by atoms with E-state index in [0.29, 0.717) is 5.92 Å². The van der Waals surface area contributed by atoms with Crippen LogP contribution in [-0.4, -0.2) is 32.3 Å². The molecule has 0 saturated carbocycles. The van der Waals surface area contributed by atoms with E-state index in [2.05, 4.69) is 23.8 Å². The van der Waals surface area contributed by atoms with Crippen molar-refractivity contribution in [3.8, 4) is 10.6 Å². The Hall–Kier alpha value is -1.82. The molecule has 3 rings (SSSR count). The first-order chi connectivity index (χ1) is 12.3. The van der Waals surface area contributed by atoms with Crippen molar-refractivity contribution in [2.45, 2.75) is 59.9 Å². The summed E-state index contributed by atoms with van der Waals surface area (Å²) in [6.45, 7) is 11.1. The zero-order valence-corrected chi connectivity index (χ0v) is 17.1. The van der Waals surface area contributed by atoms with Gasteiger partial charge in [0.05, 0.1) is 34.0 Å². The number of nitrogens with zero attached hydrogens (tertiary/aromatic N) is 4. The normalized spacial score (nSPS) is 17.9. The number of hydrogen-bond donors (Lipinski definition) is 0. The van der Waals surface area contributed by atoms with E-state index in [9.17, 15) is 4.79 Å². The number of thiazole rings is 1. The Labute approximate surface area is 159 Å². The maximum absolute atomic E-state index is 12.8. The van der Waals surface area contributed by atoms with Crippen LogP contribution >= 0.6 is 11.3 Å². The molecule has 1 aliphatic rings. The predicted octanol–water partition coefficient (Wildman–Crippen LogP) is 4.51. The zero-order valence-electron chi connectivity index (χ0n) is 16.3. The van der Waals surface area contributed by atoms with Gasteiger partial charge in [0.2, 0.25) is 5.91 Å². The summed E-state index contributed by atoms with van der Waals surface area (Å²) in [5.41, 5.74) is 1.36. The Morgan fingerprint density at radius 2 is 2.08 bits per heavy atom. The molecule has 0 radical (unpaired) electrons. The van der Waals surface area contributed by atoms with Gasteiger partial charge in [-0.15, -0.1) is 11.3 Å². The lowest BCUT2D eigenvalue weighted by atomic mass is 9.94. The zero-order chi connectivity index (χ0) is 18.9. The van der Waals surface area contributed by atoms with E-state index in [4.69, 9.17) is 4.98 Å². The molecule has 6 heteroatoms. The molecule has 2 aromatic heterocycles. The average molecular weight is 373 g/mol. The fourth-order valence-electron chi connectivity index (χ4n) is 3.28. The van der Waals surface area contributed by atoms with Gasteiger partial charge in [0.25, 0.3) is 0 Å². The van der Waals surface area contributed by atoms with Crippen LogP contribution in [0.3, 0.4) is 0 Å². The largest absolute Gasteiger partial charge is 0.334 e. The number of amides is 1. The van der Waals surface area contributed by atoms with Gasteiger partial charge in [-0.1, -0.05) is 34.6 Å². The van der Waals surface area contributed by atoms with Crippen molar-refractivity contribution in [1.82, 2.24) is 19.9 Å². The van der Waals surface area contributed by atoms with Crippen LogP contribution < -0.4 is 0 Å². The van der Waals surface area contributed by atoms with E-state index in [1.54, 1.807) is 23.7 Å². The van der Waals surface area contributed by atoms with Gasteiger partial charge in [0, 0.05) is 24.6 Å². The Balaban J connectivity index is 1.85. The smallest absolute Gasteiger partial charge is 0.228 e. The van der Waals surface area contributed by atoms with Gasteiger partial charge in [-0.2, -0.15) is 0 Å². The minimum absolute atomic E-state index is 0.0252. The van der Waals surface area contributed by atoms with E-state index in [1.807, 2.05) is 31.9 Å². The monoisotopic (exact) mass is 372 g/mol. The number of likely N-dealkylation sites (tertiary alicyclic amines) is 1. The van der Waals surface area contributed by atoms with Gasteiger partial charge < -0.3 is 4.90 Å². The molecule has 1 saturated heterocycles. The second kappa shape index (κ2) is 7.43. The van der Waals surface area contributed by atoms with E-state index in [-0.39, 0.29) is 17.4 Å². The van der Waals surface area contributed by atoms with Crippen molar-refractivity contribution in [1.29, 1.82) is 0 Å². The third kappa shape index (κ3) is 4.11.